The number of hydrogen-bond acceptors (Lipinski definition) is 6. The number of carboxylic acid groups (broad SMARTS) is 2. The van der Waals surface area contributed by atoms with E-state index in [1.807, 2.05) is 30.3 Å². The molecule has 2 aromatic rings. The van der Waals surface area contributed by atoms with Gasteiger partial charge in [0.1, 0.15) is 15.4 Å². The molecule has 1 fully saturated rings. The number of thiazole rings is 1. The van der Waals surface area contributed by atoms with E-state index in [1.54, 1.807) is 0 Å². The van der Waals surface area contributed by atoms with Gasteiger partial charge in [-0.15, -0.1) is 11.3 Å². The lowest BCUT2D eigenvalue weighted by atomic mass is 10.1. The Morgan fingerprint density at radius 3 is 2.28 bits per heavy atom. The molecule has 3 amide bonds. The molecular weight excluding hydrogens is 460 g/mol. The minimum absolute atomic E-state index is 0.0423. The van der Waals surface area contributed by atoms with Crippen LogP contribution >= 0.6 is 22.9 Å². The van der Waals surface area contributed by atoms with Gasteiger partial charge in [0, 0.05) is 38.2 Å². The van der Waals surface area contributed by atoms with E-state index >= 15 is 0 Å². The number of benzene rings is 1. The van der Waals surface area contributed by atoms with Crippen molar-refractivity contribution in [2.45, 2.75) is 18.9 Å². The van der Waals surface area contributed by atoms with Crippen molar-refractivity contribution < 1.29 is 29.4 Å². The van der Waals surface area contributed by atoms with E-state index in [-0.39, 0.29) is 49.1 Å². The fourth-order valence-corrected chi connectivity index (χ4v) is 4.38. The van der Waals surface area contributed by atoms with E-state index in [0.717, 1.165) is 16.9 Å². The summed E-state index contributed by atoms with van der Waals surface area (Å²) in [5.41, 5.74) is 0.743. The van der Waals surface area contributed by atoms with Crippen LogP contribution in [0.5, 0.6) is 0 Å². The van der Waals surface area contributed by atoms with Crippen molar-refractivity contribution >= 4 is 46.8 Å². The Morgan fingerprint density at radius 1 is 1.06 bits per heavy atom. The molecule has 0 spiro atoms. The Balaban J connectivity index is 1.73. The van der Waals surface area contributed by atoms with Gasteiger partial charge >= 0.3 is 12.1 Å². The van der Waals surface area contributed by atoms with Crippen LogP contribution in [-0.4, -0.2) is 81.1 Å². The van der Waals surface area contributed by atoms with E-state index in [0.29, 0.717) is 5.01 Å². The third-order valence-electron chi connectivity index (χ3n) is 4.93. The molecule has 170 valence electrons. The Bertz CT molecular complexity index is 1010. The highest BCUT2D eigenvalue weighted by atomic mass is 35.5. The third kappa shape index (κ3) is 5.74. The standard InChI is InChI=1S/C20H21ClN4O6S/c21-16-15(23-18(32-16)12-4-2-1-3-5-12)17(28)22-13(6-7-14(26)27)19(29)24-8-10-25(11-9-24)20(30)31/h1-5,13H,6-11H2,(H,22,28)(H,26,27)(H,30,31)/t13-/m0/s1. The van der Waals surface area contributed by atoms with Crippen molar-refractivity contribution in [2.75, 3.05) is 26.2 Å². The van der Waals surface area contributed by atoms with Gasteiger partial charge in [-0.25, -0.2) is 9.78 Å². The number of carbonyl (C=O) groups excluding carboxylic acids is 2. The Labute approximate surface area is 192 Å². The summed E-state index contributed by atoms with van der Waals surface area (Å²) in [6.45, 7) is 0.582. The van der Waals surface area contributed by atoms with Crippen LogP contribution in [0.2, 0.25) is 4.34 Å². The summed E-state index contributed by atoms with van der Waals surface area (Å²) in [4.78, 5) is 54.8. The minimum atomic E-state index is -1.11. The van der Waals surface area contributed by atoms with Crippen molar-refractivity contribution in [1.82, 2.24) is 20.1 Å². The van der Waals surface area contributed by atoms with Gasteiger partial charge in [0.25, 0.3) is 5.91 Å². The molecule has 12 heteroatoms. The molecule has 2 heterocycles. The number of rotatable bonds is 7. The molecule has 0 aliphatic carbocycles. The van der Waals surface area contributed by atoms with E-state index < -0.39 is 29.9 Å². The average molecular weight is 481 g/mol. The van der Waals surface area contributed by atoms with Crippen LogP contribution in [0.1, 0.15) is 23.3 Å². The van der Waals surface area contributed by atoms with Crippen LogP contribution < -0.4 is 5.32 Å². The zero-order valence-corrected chi connectivity index (χ0v) is 18.4. The first-order chi connectivity index (χ1) is 15.3. The lowest BCUT2D eigenvalue weighted by Crippen LogP contribution is -2.55. The lowest BCUT2D eigenvalue weighted by molar-refractivity contribution is -0.138. The second kappa shape index (κ2) is 10.4. The molecule has 32 heavy (non-hydrogen) atoms. The van der Waals surface area contributed by atoms with Crippen molar-refractivity contribution in [3.8, 4) is 10.6 Å². The van der Waals surface area contributed by atoms with E-state index in [4.69, 9.17) is 21.8 Å². The first-order valence-electron chi connectivity index (χ1n) is 9.77. The summed E-state index contributed by atoms with van der Waals surface area (Å²) in [5, 5.41) is 21.2. The van der Waals surface area contributed by atoms with E-state index in [2.05, 4.69) is 10.3 Å². The van der Waals surface area contributed by atoms with Gasteiger partial charge in [0.2, 0.25) is 5.91 Å². The Morgan fingerprint density at radius 2 is 1.69 bits per heavy atom. The molecule has 1 atom stereocenters. The van der Waals surface area contributed by atoms with Gasteiger partial charge < -0.3 is 25.3 Å². The predicted octanol–water partition coefficient (Wildman–Crippen LogP) is 2.25. The number of piperazine rings is 1. The number of aliphatic carboxylic acids is 1. The topological polar surface area (TPSA) is 140 Å². The highest BCUT2D eigenvalue weighted by Gasteiger charge is 2.31. The molecule has 0 unspecified atom stereocenters. The normalized spacial score (nSPS) is 14.7. The second-order valence-electron chi connectivity index (χ2n) is 7.06. The zero-order chi connectivity index (χ0) is 23.3. The molecule has 0 saturated carbocycles. The summed E-state index contributed by atoms with van der Waals surface area (Å²) in [6, 6.07) is 8.05. The molecule has 10 nitrogen and oxygen atoms in total. The predicted molar refractivity (Wildman–Crippen MR) is 117 cm³/mol. The van der Waals surface area contributed by atoms with E-state index in [1.165, 1.54) is 9.80 Å². The van der Waals surface area contributed by atoms with Gasteiger partial charge in [-0.1, -0.05) is 41.9 Å². The smallest absolute Gasteiger partial charge is 0.407 e. The highest BCUT2D eigenvalue weighted by Crippen LogP contribution is 2.31. The van der Waals surface area contributed by atoms with Gasteiger partial charge in [-0.2, -0.15) is 0 Å². The summed E-state index contributed by atoms with van der Waals surface area (Å²) in [5.74, 6) is -2.26. The molecule has 1 saturated heterocycles. The fraction of sp³-hybridized carbons (Fsp3) is 0.350. The number of carbonyl (C=O) groups is 4. The number of carboxylic acids is 1. The van der Waals surface area contributed by atoms with Gasteiger partial charge in [-0.05, 0) is 6.42 Å². The van der Waals surface area contributed by atoms with Crippen LogP contribution in [0.3, 0.4) is 0 Å². The van der Waals surface area contributed by atoms with Gasteiger partial charge in [-0.3, -0.25) is 14.4 Å². The molecule has 3 rings (SSSR count). The number of halogens is 1. The molecule has 1 aliphatic heterocycles. The summed E-state index contributed by atoms with van der Waals surface area (Å²) < 4.78 is 0.154. The maximum absolute atomic E-state index is 13.0. The van der Waals surface area contributed by atoms with Crippen LogP contribution in [0, 0.1) is 0 Å². The highest BCUT2D eigenvalue weighted by molar-refractivity contribution is 7.19. The molecule has 0 radical (unpaired) electrons. The molecule has 0 bridgehead atoms. The Kier molecular flexibility index (Phi) is 7.65. The fourth-order valence-electron chi connectivity index (χ4n) is 3.24. The number of amides is 3. The molecular formula is C20H21ClN4O6S. The molecule has 1 aliphatic rings. The zero-order valence-electron chi connectivity index (χ0n) is 16.9. The van der Waals surface area contributed by atoms with E-state index in [9.17, 15) is 19.2 Å². The second-order valence-corrected chi connectivity index (χ2v) is 8.66. The van der Waals surface area contributed by atoms with Crippen LogP contribution in [-0.2, 0) is 9.59 Å². The molecule has 3 N–H and O–H groups in total. The van der Waals surface area contributed by atoms with Crippen molar-refractivity contribution in [1.29, 1.82) is 0 Å². The Hall–Kier alpha value is -3.18. The monoisotopic (exact) mass is 480 g/mol. The largest absolute Gasteiger partial charge is 0.481 e. The van der Waals surface area contributed by atoms with Gasteiger partial charge in [0.15, 0.2) is 5.69 Å². The summed E-state index contributed by atoms with van der Waals surface area (Å²) in [7, 11) is 0. The summed E-state index contributed by atoms with van der Waals surface area (Å²) in [6.07, 6.45) is -1.52. The number of nitrogens with zero attached hydrogens (tertiary/aromatic N) is 3. The van der Waals surface area contributed by atoms with Crippen molar-refractivity contribution in [3.63, 3.8) is 0 Å². The van der Waals surface area contributed by atoms with Gasteiger partial charge in [0.05, 0.1) is 0 Å². The molecule has 1 aromatic carbocycles. The lowest BCUT2D eigenvalue weighted by Gasteiger charge is -2.35. The average Bonchev–Trinajstić information content (AvgIpc) is 3.18. The number of aromatic nitrogens is 1. The SMILES string of the molecule is O=C(O)CC[C@H](NC(=O)c1nc(-c2ccccc2)sc1Cl)C(=O)N1CCN(C(=O)O)CC1. The number of hydrogen-bond donors (Lipinski definition) is 3. The minimum Gasteiger partial charge on any atom is -0.481 e. The van der Waals surface area contributed by atoms with Crippen molar-refractivity contribution in [2.24, 2.45) is 0 Å². The van der Waals surface area contributed by atoms with Crippen LogP contribution in [0.15, 0.2) is 30.3 Å². The third-order valence-corrected chi connectivity index (χ3v) is 6.24. The van der Waals surface area contributed by atoms with Crippen LogP contribution in [0.4, 0.5) is 4.79 Å². The first-order valence-corrected chi connectivity index (χ1v) is 11.0. The summed E-state index contributed by atoms with van der Waals surface area (Å²) >= 11 is 7.34. The van der Waals surface area contributed by atoms with Crippen LogP contribution in [0.25, 0.3) is 10.6 Å². The first kappa shape index (κ1) is 23.5. The maximum Gasteiger partial charge on any atom is 0.407 e. The van der Waals surface area contributed by atoms with Crippen molar-refractivity contribution in [3.05, 3.63) is 40.4 Å². The number of nitrogens with one attached hydrogen (secondary N) is 1. The maximum atomic E-state index is 13.0. The molecule has 1 aromatic heterocycles. The quantitative estimate of drug-likeness (QED) is 0.552.